The van der Waals surface area contributed by atoms with Crippen LogP contribution in [-0.4, -0.2) is 136 Å². The summed E-state index contributed by atoms with van der Waals surface area (Å²) in [6.07, 6.45) is 0.683. The predicted octanol–water partition coefficient (Wildman–Crippen LogP) is -1.73. The van der Waals surface area contributed by atoms with Crippen LogP contribution in [0.15, 0.2) is 0 Å². The third-order valence-electron chi connectivity index (χ3n) is 7.00. The quantitative estimate of drug-likeness (QED) is 0.288. The monoisotopic (exact) mass is 508 g/mol. The lowest BCUT2D eigenvalue weighted by Gasteiger charge is -2.57. The zero-order chi connectivity index (χ0) is 18.5. The first-order chi connectivity index (χ1) is 13.3. The summed E-state index contributed by atoms with van der Waals surface area (Å²) in [6.45, 7) is 21.3. The van der Waals surface area contributed by atoms with Crippen LogP contribution in [0.4, 0.5) is 0 Å². The van der Waals surface area contributed by atoms with Gasteiger partial charge in [-0.15, -0.1) is 24.0 Å². The summed E-state index contributed by atoms with van der Waals surface area (Å²) in [6, 6.07) is 0. The fourth-order valence-corrected chi connectivity index (χ4v) is 5.49. The van der Waals surface area contributed by atoms with Crippen molar-refractivity contribution in [2.75, 3.05) is 105 Å². The van der Waals surface area contributed by atoms with Crippen molar-refractivity contribution in [3.05, 3.63) is 0 Å². The molecule has 5 rings (SSSR count). The van der Waals surface area contributed by atoms with Gasteiger partial charge in [0.05, 0.1) is 6.17 Å². The van der Waals surface area contributed by atoms with Crippen LogP contribution in [0.3, 0.4) is 0 Å². The SMILES string of the molecule is C1CNCCNCCNCCN1.CC12C3N4CCN3CCN1CCN2CC4.I. The highest BCUT2D eigenvalue weighted by Gasteiger charge is 2.58. The van der Waals surface area contributed by atoms with Gasteiger partial charge in [0.15, 0.2) is 0 Å². The summed E-state index contributed by atoms with van der Waals surface area (Å²) in [5, 5.41) is 13.4. The van der Waals surface area contributed by atoms with E-state index in [0.717, 1.165) is 52.4 Å². The second-order valence-corrected chi connectivity index (χ2v) is 8.51. The van der Waals surface area contributed by atoms with E-state index < -0.39 is 0 Å². The van der Waals surface area contributed by atoms with Gasteiger partial charge in [-0.1, -0.05) is 0 Å². The van der Waals surface area contributed by atoms with Crippen molar-refractivity contribution in [3.8, 4) is 0 Å². The van der Waals surface area contributed by atoms with Gasteiger partial charge in [0.2, 0.25) is 0 Å². The van der Waals surface area contributed by atoms with Gasteiger partial charge < -0.3 is 21.3 Å². The molecular weight excluding hydrogens is 467 g/mol. The summed E-state index contributed by atoms with van der Waals surface area (Å²) in [7, 11) is 0. The molecule has 9 heteroatoms. The Morgan fingerprint density at radius 1 is 0.536 bits per heavy atom. The lowest BCUT2D eigenvalue weighted by atomic mass is 10.00. The van der Waals surface area contributed by atoms with E-state index in [0.29, 0.717) is 11.8 Å². The van der Waals surface area contributed by atoms with Gasteiger partial charge >= 0.3 is 0 Å². The van der Waals surface area contributed by atoms with Crippen molar-refractivity contribution in [2.45, 2.75) is 18.8 Å². The fraction of sp³-hybridized carbons (Fsp3) is 1.00. The third-order valence-corrected chi connectivity index (χ3v) is 7.00. The zero-order valence-corrected chi connectivity index (χ0v) is 19.9. The maximum absolute atomic E-state index is 3.36. The van der Waals surface area contributed by atoms with Crippen molar-refractivity contribution in [2.24, 2.45) is 0 Å². The molecule has 0 atom stereocenters. The first-order valence-corrected chi connectivity index (χ1v) is 11.1. The lowest BCUT2D eigenvalue weighted by molar-refractivity contribution is -0.142. The Hall–Kier alpha value is 0.410. The van der Waals surface area contributed by atoms with E-state index in [1.807, 2.05) is 0 Å². The van der Waals surface area contributed by atoms with Crippen LogP contribution >= 0.6 is 24.0 Å². The normalized spacial score (nSPS) is 35.7. The molecule has 5 saturated heterocycles. The first kappa shape index (κ1) is 23.1. The number of halogens is 1. The molecule has 5 aliphatic heterocycles. The molecule has 0 radical (unpaired) electrons. The molecule has 0 saturated carbocycles. The van der Waals surface area contributed by atoms with Crippen LogP contribution in [0.2, 0.25) is 0 Å². The highest BCUT2D eigenvalue weighted by atomic mass is 127. The smallest absolute Gasteiger partial charge is 0.101 e. The van der Waals surface area contributed by atoms with Crippen molar-refractivity contribution >= 4 is 24.0 Å². The van der Waals surface area contributed by atoms with Crippen molar-refractivity contribution < 1.29 is 0 Å². The average molecular weight is 508 g/mol. The predicted molar refractivity (Wildman–Crippen MR) is 125 cm³/mol. The molecule has 28 heavy (non-hydrogen) atoms. The Bertz CT molecular complexity index is 400. The Balaban J connectivity index is 0.000000160. The summed E-state index contributed by atoms with van der Waals surface area (Å²) in [5.41, 5.74) is 0.326. The zero-order valence-electron chi connectivity index (χ0n) is 17.6. The summed E-state index contributed by atoms with van der Waals surface area (Å²) in [4.78, 5) is 10.8. The molecule has 0 bridgehead atoms. The van der Waals surface area contributed by atoms with Crippen molar-refractivity contribution in [1.29, 1.82) is 0 Å². The Labute approximate surface area is 188 Å². The van der Waals surface area contributed by atoms with E-state index in [1.165, 1.54) is 52.4 Å². The molecule has 8 nitrogen and oxygen atoms in total. The highest BCUT2D eigenvalue weighted by Crippen LogP contribution is 2.41. The first-order valence-electron chi connectivity index (χ1n) is 11.1. The van der Waals surface area contributed by atoms with Gasteiger partial charge in [-0.2, -0.15) is 0 Å². The van der Waals surface area contributed by atoms with Gasteiger partial charge in [-0.05, 0) is 6.92 Å². The standard InChI is InChI=1S/C11H20N4.C8H20N4.HI/c1-11-10-12-2-3-13(10)5-7-15(11)9-8-14(11)6-4-12;1-2-10-5-6-12-8-7-11-4-3-9-1;/h10H,2-9H2,1H3;9-12H,1-8H2;1H. The van der Waals surface area contributed by atoms with Crippen LogP contribution in [-0.2, 0) is 0 Å². The molecule has 0 aliphatic carbocycles. The second kappa shape index (κ2) is 11.1. The molecule has 0 unspecified atom stereocenters. The number of rotatable bonds is 0. The molecule has 164 valence electrons. The van der Waals surface area contributed by atoms with Crippen LogP contribution in [0.5, 0.6) is 0 Å². The molecule has 5 heterocycles. The van der Waals surface area contributed by atoms with Gasteiger partial charge in [0.1, 0.15) is 5.66 Å². The van der Waals surface area contributed by atoms with Gasteiger partial charge in [-0.25, -0.2) is 0 Å². The van der Waals surface area contributed by atoms with Crippen LogP contribution < -0.4 is 21.3 Å². The van der Waals surface area contributed by atoms with E-state index in [9.17, 15) is 0 Å². The maximum Gasteiger partial charge on any atom is 0.101 e. The largest absolute Gasteiger partial charge is 0.314 e. The number of nitrogens with zero attached hydrogens (tertiary/aromatic N) is 4. The van der Waals surface area contributed by atoms with E-state index in [-0.39, 0.29) is 24.0 Å². The highest BCUT2D eigenvalue weighted by molar-refractivity contribution is 14.0. The van der Waals surface area contributed by atoms with E-state index in [1.54, 1.807) is 0 Å². The summed E-state index contributed by atoms with van der Waals surface area (Å²) < 4.78 is 0. The number of hydrogen-bond acceptors (Lipinski definition) is 8. The molecule has 0 aromatic heterocycles. The van der Waals surface area contributed by atoms with Gasteiger partial charge in [-0.3, -0.25) is 19.6 Å². The minimum absolute atomic E-state index is 0. The topological polar surface area (TPSA) is 61.1 Å². The summed E-state index contributed by atoms with van der Waals surface area (Å²) in [5.74, 6) is 0. The maximum atomic E-state index is 3.36. The Morgan fingerprint density at radius 3 is 1.18 bits per heavy atom. The lowest BCUT2D eigenvalue weighted by Crippen LogP contribution is -2.74. The van der Waals surface area contributed by atoms with Crippen LogP contribution in [0.25, 0.3) is 0 Å². The average Bonchev–Trinajstić information content (AvgIpc) is 3.22. The van der Waals surface area contributed by atoms with Gasteiger partial charge in [0.25, 0.3) is 0 Å². The fourth-order valence-electron chi connectivity index (χ4n) is 5.49. The minimum Gasteiger partial charge on any atom is -0.314 e. The van der Waals surface area contributed by atoms with Crippen LogP contribution in [0, 0.1) is 0 Å². The second-order valence-electron chi connectivity index (χ2n) is 8.51. The number of piperazine rings is 2. The minimum atomic E-state index is 0. The Morgan fingerprint density at radius 2 is 0.821 bits per heavy atom. The number of hydrogen-bond donors (Lipinski definition) is 4. The van der Waals surface area contributed by atoms with E-state index in [2.05, 4.69) is 47.8 Å². The summed E-state index contributed by atoms with van der Waals surface area (Å²) >= 11 is 0. The molecule has 0 amide bonds. The van der Waals surface area contributed by atoms with Gasteiger partial charge in [0, 0.05) is 105 Å². The molecule has 4 N–H and O–H groups in total. The molecule has 0 spiro atoms. The van der Waals surface area contributed by atoms with Crippen molar-refractivity contribution in [1.82, 2.24) is 40.9 Å². The molecule has 0 aromatic rings. The number of nitrogens with one attached hydrogen (secondary N) is 4. The molecular formula is C19H41IN8. The third kappa shape index (κ3) is 5.00. The molecule has 0 aromatic carbocycles. The van der Waals surface area contributed by atoms with Crippen LogP contribution in [0.1, 0.15) is 6.92 Å². The van der Waals surface area contributed by atoms with E-state index >= 15 is 0 Å². The van der Waals surface area contributed by atoms with E-state index in [4.69, 9.17) is 0 Å². The van der Waals surface area contributed by atoms with Crippen molar-refractivity contribution in [3.63, 3.8) is 0 Å². The molecule has 5 fully saturated rings. The Kier molecular flexibility index (Phi) is 9.19. The molecule has 5 aliphatic rings.